The van der Waals surface area contributed by atoms with Gasteiger partial charge in [-0.15, -0.1) is 0 Å². The van der Waals surface area contributed by atoms with Gasteiger partial charge in [-0.2, -0.15) is 0 Å². The molecule has 2 rings (SSSR count). The maximum atomic E-state index is 5.92. The van der Waals surface area contributed by atoms with Crippen molar-refractivity contribution < 1.29 is 0 Å². The fourth-order valence-corrected chi connectivity index (χ4v) is 3.27. The molecular weight excluding hydrogens is 256 g/mol. The molecule has 2 heterocycles. The highest BCUT2D eigenvalue weighted by molar-refractivity contribution is 8.01. The zero-order valence-electron chi connectivity index (χ0n) is 12.2. The SMILES string of the molecule is CC1NC=C(SNCCN2CCCC2(C)C)C=C1N. The third kappa shape index (κ3) is 3.91. The number of nitrogens with one attached hydrogen (secondary N) is 2. The number of rotatable bonds is 5. The average Bonchev–Trinajstić information content (AvgIpc) is 2.68. The fraction of sp³-hybridized carbons (Fsp3) is 0.714. The molecule has 1 fully saturated rings. The van der Waals surface area contributed by atoms with Crippen LogP contribution in [-0.2, 0) is 0 Å². The first-order valence-corrected chi connectivity index (χ1v) is 7.89. The second-order valence-corrected chi connectivity index (χ2v) is 6.94. The van der Waals surface area contributed by atoms with Crippen LogP contribution in [0.3, 0.4) is 0 Å². The van der Waals surface area contributed by atoms with Crippen molar-refractivity contribution in [1.82, 2.24) is 14.9 Å². The molecular formula is C14H26N4S. The molecule has 0 aromatic rings. The van der Waals surface area contributed by atoms with Crippen LogP contribution in [0.25, 0.3) is 0 Å². The van der Waals surface area contributed by atoms with Gasteiger partial charge in [0.2, 0.25) is 0 Å². The number of hydrogen-bond acceptors (Lipinski definition) is 5. The zero-order chi connectivity index (χ0) is 13.9. The van der Waals surface area contributed by atoms with E-state index in [-0.39, 0.29) is 6.04 Å². The van der Waals surface area contributed by atoms with Gasteiger partial charge in [-0.1, -0.05) is 0 Å². The number of dihydropyridines is 1. The summed E-state index contributed by atoms with van der Waals surface area (Å²) in [4.78, 5) is 3.72. The Morgan fingerprint density at radius 2 is 2.37 bits per heavy atom. The minimum Gasteiger partial charge on any atom is -0.400 e. The molecule has 5 heteroatoms. The number of allylic oxidation sites excluding steroid dienone is 1. The summed E-state index contributed by atoms with van der Waals surface area (Å²) in [5.41, 5.74) is 7.19. The third-order valence-corrected chi connectivity index (χ3v) is 4.85. The van der Waals surface area contributed by atoms with Crippen molar-refractivity contribution in [2.45, 2.75) is 45.2 Å². The van der Waals surface area contributed by atoms with Crippen LogP contribution in [0.2, 0.25) is 0 Å². The number of nitrogens with zero attached hydrogens (tertiary/aromatic N) is 1. The summed E-state index contributed by atoms with van der Waals surface area (Å²) in [6.07, 6.45) is 6.70. The summed E-state index contributed by atoms with van der Waals surface area (Å²) in [6, 6.07) is 0.245. The Hall–Kier alpha value is -0.650. The van der Waals surface area contributed by atoms with Gasteiger partial charge in [0, 0.05) is 35.4 Å². The number of likely N-dealkylation sites (tertiary alicyclic amines) is 1. The summed E-state index contributed by atoms with van der Waals surface area (Å²) in [5, 5.41) is 3.25. The summed E-state index contributed by atoms with van der Waals surface area (Å²) >= 11 is 1.65. The normalized spacial score (nSPS) is 26.8. The van der Waals surface area contributed by atoms with Crippen LogP contribution in [0.4, 0.5) is 0 Å². The van der Waals surface area contributed by atoms with E-state index in [1.807, 2.05) is 12.3 Å². The van der Waals surface area contributed by atoms with Crippen LogP contribution < -0.4 is 15.8 Å². The molecule has 1 saturated heterocycles. The molecule has 19 heavy (non-hydrogen) atoms. The summed E-state index contributed by atoms with van der Waals surface area (Å²) < 4.78 is 3.42. The zero-order valence-corrected chi connectivity index (χ0v) is 13.0. The molecule has 0 spiro atoms. The Kier molecular flexibility index (Phi) is 4.81. The molecule has 0 aromatic heterocycles. The molecule has 0 aliphatic carbocycles. The lowest BCUT2D eigenvalue weighted by Crippen LogP contribution is -2.41. The van der Waals surface area contributed by atoms with Crippen LogP contribution in [0.1, 0.15) is 33.6 Å². The van der Waals surface area contributed by atoms with Gasteiger partial charge >= 0.3 is 0 Å². The van der Waals surface area contributed by atoms with Gasteiger partial charge < -0.3 is 11.1 Å². The van der Waals surface area contributed by atoms with Crippen LogP contribution in [0, 0.1) is 0 Å². The molecule has 0 saturated carbocycles. The molecule has 0 radical (unpaired) electrons. The van der Waals surface area contributed by atoms with E-state index in [0.717, 1.165) is 23.7 Å². The molecule has 0 amide bonds. The number of hydrogen-bond donors (Lipinski definition) is 3. The van der Waals surface area contributed by atoms with Crippen LogP contribution in [0.5, 0.6) is 0 Å². The maximum Gasteiger partial charge on any atom is 0.0625 e. The summed E-state index contributed by atoms with van der Waals surface area (Å²) in [6.45, 7) is 10.1. The summed E-state index contributed by atoms with van der Waals surface area (Å²) in [7, 11) is 0. The molecule has 1 unspecified atom stereocenters. The second-order valence-electron chi connectivity index (χ2n) is 5.98. The van der Waals surface area contributed by atoms with E-state index in [1.165, 1.54) is 19.4 Å². The topological polar surface area (TPSA) is 53.3 Å². The van der Waals surface area contributed by atoms with Crippen molar-refractivity contribution in [1.29, 1.82) is 0 Å². The molecule has 0 aromatic carbocycles. The Bertz CT molecular complexity index is 376. The summed E-state index contributed by atoms with van der Waals surface area (Å²) in [5.74, 6) is 0. The van der Waals surface area contributed by atoms with Gasteiger partial charge in [0.25, 0.3) is 0 Å². The van der Waals surface area contributed by atoms with E-state index in [4.69, 9.17) is 5.73 Å². The molecule has 1 atom stereocenters. The Morgan fingerprint density at radius 1 is 1.58 bits per heavy atom. The fourth-order valence-electron chi connectivity index (χ4n) is 2.59. The number of nitrogens with two attached hydrogens (primary N) is 1. The van der Waals surface area contributed by atoms with Gasteiger partial charge in [-0.05, 0) is 58.2 Å². The quantitative estimate of drug-likeness (QED) is 0.530. The minimum atomic E-state index is 0.245. The van der Waals surface area contributed by atoms with Gasteiger partial charge in [0.15, 0.2) is 0 Å². The highest BCUT2D eigenvalue weighted by Gasteiger charge is 2.30. The van der Waals surface area contributed by atoms with Gasteiger partial charge in [0.05, 0.1) is 6.04 Å². The van der Waals surface area contributed by atoms with Crippen LogP contribution in [-0.4, -0.2) is 36.1 Å². The van der Waals surface area contributed by atoms with Gasteiger partial charge in [-0.3, -0.25) is 9.62 Å². The van der Waals surface area contributed by atoms with Gasteiger partial charge in [-0.25, -0.2) is 0 Å². The lowest BCUT2D eigenvalue weighted by atomic mass is 10.0. The largest absolute Gasteiger partial charge is 0.400 e. The van der Waals surface area contributed by atoms with Crippen molar-refractivity contribution in [3.05, 3.63) is 22.9 Å². The predicted octanol–water partition coefficient (Wildman–Crippen LogP) is 1.77. The first-order valence-electron chi connectivity index (χ1n) is 7.07. The predicted molar refractivity (Wildman–Crippen MR) is 83.4 cm³/mol. The van der Waals surface area contributed by atoms with Crippen molar-refractivity contribution in [2.75, 3.05) is 19.6 Å². The Labute approximate surface area is 121 Å². The van der Waals surface area contributed by atoms with Crippen molar-refractivity contribution >= 4 is 11.9 Å². The molecule has 108 valence electrons. The molecule has 2 aliphatic rings. The molecule has 0 bridgehead atoms. The highest BCUT2D eigenvalue weighted by atomic mass is 32.2. The van der Waals surface area contributed by atoms with E-state index in [0.29, 0.717) is 5.54 Å². The van der Waals surface area contributed by atoms with Crippen LogP contribution in [0.15, 0.2) is 22.9 Å². The standard InChI is InChI=1S/C14H26N4S/c1-11-13(15)9-12(10-16-11)19-17-6-8-18-7-4-5-14(18,2)3/h9-11,16-17H,4-8,15H2,1-3H3. The van der Waals surface area contributed by atoms with E-state index < -0.39 is 0 Å². The molecule has 4 N–H and O–H groups in total. The first kappa shape index (κ1) is 14.8. The maximum absolute atomic E-state index is 5.92. The lowest BCUT2D eigenvalue weighted by molar-refractivity contribution is 0.179. The smallest absolute Gasteiger partial charge is 0.0625 e. The lowest BCUT2D eigenvalue weighted by Gasteiger charge is -2.31. The van der Waals surface area contributed by atoms with Crippen molar-refractivity contribution in [3.63, 3.8) is 0 Å². The first-order chi connectivity index (χ1) is 8.99. The van der Waals surface area contributed by atoms with Crippen LogP contribution >= 0.6 is 11.9 Å². The van der Waals surface area contributed by atoms with E-state index in [1.54, 1.807) is 11.9 Å². The van der Waals surface area contributed by atoms with Gasteiger partial charge in [0.1, 0.15) is 0 Å². The average molecular weight is 282 g/mol. The van der Waals surface area contributed by atoms with E-state index in [9.17, 15) is 0 Å². The molecule has 2 aliphatic heterocycles. The Morgan fingerprint density at radius 3 is 3.00 bits per heavy atom. The van der Waals surface area contributed by atoms with Crippen molar-refractivity contribution in [3.8, 4) is 0 Å². The monoisotopic (exact) mass is 282 g/mol. The van der Waals surface area contributed by atoms with Crippen molar-refractivity contribution in [2.24, 2.45) is 5.73 Å². The van der Waals surface area contributed by atoms with E-state index in [2.05, 4.69) is 35.7 Å². The molecule has 4 nitrogen and oxygen atoms in total. The second kappa shape index (κ2) is 6.20. The minimum absolute atomic E-state index is 0.245. The third-order valence-electron chi connectivity index (χ3n) is 4.03. The van der Waals surface area contributed by atoms with E-state index >= 15 is 0 Å². The Balaban J connectivity index is 1.68. The highest BCUT2D eigenvalue weighted by Crippen LogP contribution is 2.27.